The molecule has 1 N–H and O–H groups in total. The van der Waals surface area contributed by atoms with Crippen LogP contribution >= 0.6 is 23.1 Å². The molecule has 1 aromatic heterocycles. The number of rotatable bonds is 3. The summed E-state index contributed by atoms with van der Waals surface area (Å²) in [7, 11) is 0. The van der Waals surface area contributed by atoms with Crippen LogP contribution in [-0.2, 0) is 15.6 Å². The molecule has 4 nitrogen and oxygen atoms in total. The highest BCUT2D eigenvalue weighted by molar-refractivity contribution is 8.16. The second-order valence-electron chi connectivity index (χ2n) is 12.9. The first-order valence-corrected chi connectivity index (χ1v) is 15.7. The standard InChI is InChI=1S/C35H35NO3S2/c1-33(2,3)24-19-22(20-25(29(24)37)34(4,5)6)28-23-15-10-11-16-26(23)39-30(27-17-12-18-40-27)35(28)32(38)36-31(41-35)21-13-8-7-9-14-21/h7-20,28,30,37H,1-6H3/t28-,30-,35-/m1/s1. The Morgan fingerprint density at radius 3 is 2.10 bits per heavy atom. The number of nitrogens with zero attached hydrogens (tertiary/aromatic N) is 1. The average molecular weight is 582 g/mol. The van der Waals surface area contributed by atoms with E-state index in [9.17, 15) is 9.90 Å². The summed E-state index contributed by atoms with van der Waals surface area (Å²) >= 11 is 3.12. The predicted molar refractivity (Wildman–Crippen MR) is 170 cm³/mol. The summed E-state index contributed by atoms with van der Waals surface area (Å²) < 4.78 is 5.71. The van der Waals surface area contributed by atoms with Crippen molar-refractivity contribution in [3.05, 3.63) is 117 Å². The van der Waals surface area contributed by atoms with Gasteiger partial charge >= 0.3 is 0 Å². The molecule has 41 heavy (non-hydrogen) atoms. The summed E-state index contributed by atoms with van der Waals surface area (Å²) in [4.78, 5) is 20.2. The van der Waals surface area contributed by atoms with Gasteiger partial charge in [0.15, 0.2) is 10.9 Å². The van der Waals surface area contributed by atoms with E-state index in [1.54, 1.807) is 11.3 Å². The first-order chi connectivity index (χ1) is 19.4. The summed E-state index contributed by atoms with van der Waals surface area (Å²) in [5, 5.41) is 14.3. The molecule has 6 heteroatoms. The zero-order valence-electron chi connectivity index (χ0n) is 24.3. The van der Waals surface area contributed by atoms with Crippen LogP contribution in [0.2, 0.25) is 0 Å². The Morgan fingerprint density at radius 1 is 0.854 bits per heavy atom. The van der Waals surface area contributed by atoms with E-state index >= 15 is 0 Å². The second-order valence-corrected chi connectivity index (χ2v) is 15.2. The summed E-state index contributed by atoms with van der Waals surface area (Å²) in [5.74, 6) is 0.530. The van der Waals surface area contributed by atoms with Crippen LogP contribution in [0.5, 0.6) is 11.5 Å². The van der Waals surface area contributed by atoms with Crippen molar-refractivity contribution in [3.8, 4) is 11.5 Å². The number of ether oxygens (including phenoxy) is 1. The van der Waals surface area contributed by atoms with Gasteiger partial charge in [-0.25, -0.2) is 4.99 Å². The fourth-order valence-corrected chi connectivity index (χ4v) is 8.39. The van der Waals surface area contributed by atoms with Crippen molar-refractivity contribution in [1.82, 2.24) is 0 Å². The first kappa shape index (κ1) is 27.8. The highest BCUT2D eigenvalue weighted by Crippen LogP contribution is 2.62. The van der Waals surface area contributed by atoms with Gasteiger partial charge in [0.1, 0.15) is 16.5 Å². The number of benzene rings is 3. The van der Waals surface area contributed by atoms with Crippen molar-refractivity contribution in [1.29, 1.82) is 0 Å². The highest BCUT2D eigenvalue weighted by Gasteiger charge is 2.62. The maximum atomic E-state index is 14.5. The van der Waals surface area contributed by atoms with Crippen molar-refractivity contribution in [2.75, 3.05) is 0 Å². The zero-order chi connectivity index (χ0) is 29.2. The van der Waals surface area contributed by atoms with Gasteiger partial charge in [0, 0.05) is 21.9 Å². The maximum Gasteiger partial charge on any atom is 0.268 e. The highest BCUT2D eigenvalue weighted by atomic mass is 32.2. The number of aromatic hydroxyl groups is 1. The van der Waals surface area contributed by atoms with E-state index in [1.807, 2.05) is 60.0 Å². The zero-order valence-corrected chi connectivity index (χ0v) is 25.9. The molecule has 1 amide bonds. The lowest BCUT2D eigenvalue weighted by molar-refractivity contribution is -0.123. The quantitative estimate of drug-likeness (QED) is 0.263. The number of hydrogen-bond donors (Lipinski definition) is 1. The van der Waals surface area contributed by atoms with E-state index in [2.05, 4.69) is 65.8 Å². The van der Waals surface area contributed by atoms with Gasteiger partial charge in [-0.15, -0.1) is 11.3 Å². The third kappa shape index (κ3) is 4.61. The number of carbonyl (C=O) groups is 1. The Morgan fingerprint density at radius 2 is 1.49 bits per heavy atom. The summed E-state index contributed by atoms with van der Waals surface area (Å²) in [5.41, 5.74) is 3.96. The molecule has 0 bridgehead atoms. The monoisotopic (exact) mass is 581 g/mol. The number of para-hydroxylation sites is 1. The fraction of sp³-hybridized carbons (Fsp3) is 0.314. The van der Waals surface area contributed by atoms with Crippen LogP contribution in [-0.4, -0.2) is 20.8 Å². The van der Waals surface area contributed by atoms with E-state index in [0.29, 0.717) is 10.8 Å². The Labute approximate surface area is 250 Å². The average Bonchev–Trinajstić information content (AvgIpc) is 3.57. The molecule has 2 aliphatic heterocycles. The van der Waals surface area contributed by atoms with Crippen LogP contribution in [0.1, 0.15) is 86.3 Å². The van der Waals surface area contributed by atoms with Gasteiger partial charge in [0.05, 0.1) is 0 Å². The lowest BCUT2D eigenvalue weighted by Crippen LogP contribution is -2.49. The number of phenolic OH excluding ortho intramolecular Hbond substituents is 1. The Kier molecular flexibility index (Phi) is 6.70. The molecule has 0 radical (unpaired) electrons. The normalized spacial score (nSPS) is 22.4. The number of hydrogen-bond acceptors (Lipinski definition) is 5. The molecule has 3 aromatic carbocycles. The predicted octanol–water partition coefficient (Wildman–Crippen LogP) is 8.77. The van der Waals surface area contributed by atoms with Gasteiger partial charge in [-0.1, -0.05) is 120 Å². The molecule has 210 valence electrons. The molecule has 0 fully saturated rings. The van der Waals surface area contributed by atoms with Crippen LogP contribution < -0.4 is 4.74 Å². The van der Waals surface area contributed by atoms with Gasteiger partial charge < -0.3 is 9.84 Å². The molecule has 1 spiro atoms. The molecule has 6 rings (SSSR count). The Balaban J connectivity index is 1.66. The second kappa shape index (κ2) is 9.88. The minimum atomic E-state index is -1.08. The SMILES string of the molecule is CC(C)(C)c1cc([C@@H]2c3ccccc3O[C@H](c3cccs3)[C@]23SC(c2ccccc2)=NC3=O)cc(C(C)(C)C)c1O. The molecule has 4 aromatic rings. The lowest BCUT2D eigenvalue weighted by Gasteiger charge is -2.45. The minimum Gasteiger partial charge on any atom is -0.507 e. The van der Waals surface area contributed by atoms with E-state index in [0.717, 1.165) is 38.4 Å². The Bertz CT molecular complexity index is 1610. The smallest absolute Gasteiger partial charge is 0.268 e. The molecule has 0 saturated heterocycles. The van der Waals surface area contributed by atoms with Gasteiger partial charge in [0.25, 0.3) is 5.91 Å². The molecule has 2 aliphatic rings. The minimum absolute atomic E-state index is 0.193. The number of thioether (sulfide) groups is 1. The molecule has 3 heterocycles. The number of amides is 1. The molecule has 0 saturated carbocycles. The third-order valence-corrected chi connectivity index (χ3v) is 10.4. The van der Waals surface area contributed by atoms with E-state index in [-0.39, 0.29) is 22.7 Å². The van der Waals surface area contributed by atoms with Crippen molar-refractivity contribution >= 4 is 34.0 Å². The van der Waals surface area contributed by atoms with Crippen molar-refractivity contribution in [2.24, 2.45) is 4.99 Å². The lowest BCUT2D eigenvalue weighted by atomic mass is 9.70. The number of carbonyl (C=O) groups excluding carboxylic acids is 1. The largest absolute Gasteiger partial charge is 0.507 e. The van der Waals surface area contributed by atoms with Crippen LogP contribution in [0.3, 0.4) is 0 Å². The summed E-state index contributed by atoms with van der Waals surface area (Å²) in [6.07, 6.45) is -0.546. The molecule has 0 unspecified atom stereocenters. The number of thiophene rings is 1. The van der Waals surface area contributed by atoms with Gasteiger partial charge in [-0.3, -0.25) is 4.79 Å². The Hall–Kier alpha value is -3.35. The number of aliphatic imine (C=N–C) groups is 1. The summed E-state index contributed by atoms with van der Waals surface area (Å²) in [6, 6.07) is 26.2. The molecular formula is C35H35NO3S2. The topological polar surface area (TPSA) is 58.9 Å². The molecule has 0 aliphatic carbocycles. The number of fused-ring (bicyclic) bond motifs is 1. The third-order valence-electron chi connectivity index (χ3n) is 8.00. The van der Waals surface area contributed by atoms with Crippen LogP contribution in [0.25, 0.3) is 0 Å². The van der Waals surface area contributed by atoms with Gasteiger partial charge in [-0.2, -0.15) is 0 Å². The fourth-order valence-electron chi connectivity index (χ4n) is 5.99. The van der Waals surface area contributed by atoms with Crippen LogP contribution in [0, 0.1) is 0 Å². The van der Waals surface area contributed by atoms with Crippen molar-refractivity contribution < 1.29 is 14.6 Å². The van der Waals surface area contributed by atoms with Crippen LogP contribution in [0.15, 0.2) is 89.2 Å². The van der Waals surface area contributed by atoms with Crippen molar-refractivity contribution in [3.63, 3.8) is 0 Å². The van der Waals surface area contributed by atoms with Gasteiger partial charge in [-0.05, 0) is 45.0 Å². The molecular weight excluding hydrogens is 547 g/mol. The maximum absolute atomic E-state index is 14.5. The van der Waals surface area contributed by atoms with Crippen molar-refractivity contribution in [2.45, 2.75) is 69.1 Å². The van der Waals surface area contributed by atoms with Gasteiger partial charge in [0.2, 0.25) is 0 Å². The van der Waals surface area contributed by atoms with E-state index < -0.39 is 10.9 Å². The van der Waals surface area contributed by atoms with Crippen LogP contribution in [0.4, 0.5) is 0 Å². The summed E-state index contributed by atoms with van der Waals surface area (Å²) in [6.45, 7) is 12.7. The number of phenols is 1. The molecule has 3 atom stereocenters. The van der Waals surface area contributed by atoms with E-state index in [1.165, 1.54) is 11.8 Å². The first-order valence-electron chi connectivity index (χ1n) is 14.0. The van der Waals surface area contributed by atoms with E-state index in [4.69, 9.17) is 9.73 Å².